The van der Waals surface area contributed by atoms with Crippen LogP contribution in [0, 0.1) is 11.2 Å². The minimum Gasteiger partial charge on any atom is -0.455 e. The predicted octanol–water partition coefficient (Wildman–Crippen LogP) is 6.20. The number of rotatable bonds is 6. The Morgan fingerprint density at radius 2 is 1.54 bits per heavy atom. The first-order valence-corrected chi connectivity index (χ1v) is 12.5. The first-order chi connectivity index (χ1) is 18.9. The topological polar surface area (TPSA) is 95.9 Å². The van der Waals surface area contributed by atoms with Gasteiger partial charge in [0.25, 0.3) is 0 Å². The Kier molecular flexibility index (Phi) is 6.03. The number of hydrogen-bond donors (Lipinski definition) is 2. The van der Waals surface area contributed by atoms with Gasteiger partial charge in [0.15, 0.2) is 11.6 Å². The maximum absolute atomic E-state index is 13.2. The summed E-state index contributed by atoms with van der Waals surface area (Å²) in [6, 6.07) is 22.0. The summed E-state index contributed by atoms with van der Waals surface area (Å²) in [5.74, 6) is 0.582. The Hall–Kier alpha value is -5.05. The van der Waals surface area contributed by atoms with Gasteiger partial charge in [-0.2, -0.15) is 0 Å². The molecule has 2 aliphatic rings. The summed E-state index contributed by atoms with van der Waals surface area (Å²) in [5.41, 5.74) is 2.41. The first kappa shape index (κ1) is 24.3. The third kappa shape index (κ3) is 4.70. The van der Waals surface area contributed by atoms with Crippen molar-refractivity contribution in [2.45, 2.75) is 12.8 Å². The molecule has 0 unspecified atom stereocenters. The highest BCUT2D eigenvalue weighted by molar-refractivity contribution is 6.16. The number of anilines is 4. The standard InChI is InChI=1S/C30H24FN5O3/c1-36-24-5-3-2-4-19(24)18-33-26-25(14-17-32-27(26)36)39-23-12-10-22(11-13-23)35-29(38)30(15-16-30)28(37)34-21-8-6-20(31)7-9-21/h2-14,17-18H,15-16H2,1H3,(H,34,37)(H,35,38). The lowest BCUT2D eigenvalue weighted by molar-refractivity contribution is -0.131. The van der Waals surface area contributed by atoms with Gasteiger partial charge in [-0.1, -0.05) is 18.2 Å². The molecule has 1 fully saturated rings. The molecule has 2 N–H and O–H groups in total. The molecule has 39 heavy (non-hydrogen) atoms. The lowest BCUT2D eigenvalue weighted by Gasteiger charge is -2.20. The maximum Gasteiger partial charge on any atom is 0.240 e. The SMILES string of the molecule is CN1c2ccccc2C=Nc2c(Oc3ccc(NC(=O)C4(C(=O)Nc5ccc(F)cc5)CC4)cc3)ccnc21. The van der Waals surface area contributed by atoms with Gasteiger partial charge in [-0.3, -0.25) is 9.59 Å². The number of halogens is 1. The minimum atomic E-state index is -1.14. The molecule has 1 aliphatic carbocycles. The fourth-order valence-electron chi connectivity index (χ4n) is 4.48. The van der Waals surface area contributed by atoms with Crippen LogP contribution in [0.5, 0.6) is 11.5 Å². The van der Waals surface area contributed by atoms with Crippen molar-refractivity contribution in [2.75, 3.05) is 22.6 Å². The van der Waals surface area contributed by atoms with Crippen molar-refractivity contribution in [1.82, 2.24) is 4.98 Å². The molecule has 0 bridgehead atoms. The van der Waals surface area contributed by atoms with E-state index in [2.05, 4.69) is 20.6 Å². The van der Waals surface area contributed by atoms with E-state index in [1.807, 2.05) is 36.2 Å². The van der Waals surface area contributed by atoms with E-state index in [4.69, 9.17) is 4.74 Å². The van der Waals surface area contributed by atoms with E-state index in [1.54, 1.807) is 42.7 Å². The van der Waals surface area contributed by atoms with Crippen molar-refractivity contribution < 1.29 is 18.7 Å². The summed E-state index contributed by atoms with van der Waals surface area (Å²) >= 11 is 0. The lowest BCUT2D eigenvalue weighted by atomic mass is 10.0. The van der Waals surface area contributed by atoms with E-state index >= 15 is 0 Å². The number of benzene rings is 3. The summed E-state index contributed by atoms with van der Waals surface area (Å²) < 4.78 is 19.3. The number of nitrogens with one attached hydrogen (secondary N) is 2. The number of carbonyl (C=O) groups is 2. The maximum atomic E-state index is 13.2. The quantitative estimate of drug-likeness (QED) is 0.295. The van der Waals surface area contributed by atoms with E-state index in [0.717, 1.165) is 11.3 Å². The van der Waals surface area contributed by atoms with Gasteiger partial charge in [-0.05, 0) is 67.4 Å². The van der Waals surface area contributed by atoms with Crippen LogP contribution in [0.4, 0.5) is 33.0 Å². The first-order valence-electron chi connectivity index (χ1n) is 12.5. The minimum absolute atomic E-state index is 0.382. The van der Waals surface area contributed by atoms with E-state index in [1.165, 1.54) is 24.3 Å². The fourth-order valence-corrected chi connectivity index (χ4v) is 4.48. The molecule has 4 aromatic rings. The summed E-state index contributed by atoms with van der Waals surface area (Å²) in [5, 5.41) is 5.54. The Balaban J connectivity index is 1.14. The number of ether oxygens (including phenoxy) is 1. The monoisotopic (exact) mass is 521 g/mol. The molecular weight excluding hydrogens is 497 g/mol. The summed E-state index contributed by atoms with van der Waals surface area (Å²) in [4.78, 5) is 36.9. The van der Waals surface area contributed by atoms with Crippen LogP contribution in [0.25, 0.3) is 0 Å². The molecule has 8 nitrogen and oxygen atoms in total. The van der Waals surface area contributed by atoms with Crippen LogP contribution in [0.15, 0.2) is 90.1 Å². The number of nitrogens with zero attached hydrogens (tertiary/aromatic N) is 3. The molecule has 0 saturated heterocycles. The zero-order valence-electron chi connectivity index (χ0n) is 21.0. The average Bonchev–Trinajstić information content (AvgIpc) is 3.78. The molecule has 0 spiro atoms. The number of para-hydroxylation sites is 1. The number of pyridine rings is 1. The Morgan fingerprint density at radius 1 is 0.897 bits per heavy atom. The highest BCUT2D eigenvalue weighted by Gasteiger charge is 2.56. The van der Waals surface area contributed by atoms with Crippen LogP contribution in [0.3, 0.4) is 0 Å². The van der Waals surface area contributed by atoms with Crippen molar-refractivity contribution in [3.05, 3.63) is 96.4 Å². The van der Waals surface area contributed by atoms with E-state index < -0.39 is 17.1 Å². The van der Waals surface area contributed by atoms with Crippen LogP contribution in [-0.4, -0.2) is 30.1 Å². The van der Waals surface area contributed by atoms with Crippen LogP contribution < -0.4 is 20.3 Å². The van der Waals surface area contributed by atoms with E-state index in [-0.39, 0.29) is 5.91 Å². The molecule has 0 radical (unpaired) electrons. The van der Waals surface area contributed by atoms with Crippen molar-refractivity contribution in [2.24, 2.45) is 10.4 Å². The van der Waals surface area contributed by atoms with Crippen LogP contribution in [0.2, 0.25) is 0 Å². The third-order valence-electron chi connectivity index (χ3n) is 6.88. The molecule has 2 amide bonds. The van der Waals surface area contributed by atoms with Crippen molar-refractivity contribution >= 4 is 46.6 Å². The lowest BCUT2D eigenvalue weighted by Crippen LogP contribution is -2.35. The summed E-state index contributed by atoms with van der Waals surface area (Å²) in [6.45, 7) is 0. The summed E-state index contributed by atoms with van der Waals surface area (Å²) in [6.07, 6.45) is 4.36. The number of hydrogen-bond acceptors (Lipinski definition) is 6. The number of amides is 2. The average molecular weight is 522 g/mol. The predicted molar refractivity (Wildman–Crippen MR) is 148 cm³/mol. The van der Waals surface area contributed by atoms with Gasteiger partial charge in [0.05, 0.1) is 5.69 Å². The van der Waals surface area contributed by atoms with Crippen molar-refractivity contribution in [3.8, 4) is 11.5 Å². The Bertz CT molecular complexity index is 1600. The number of aliphatic imine (C=N–C) groups is 1. The van der Waals surface area contributed by atoms with Crippen LogP contribution in [0.1, 0.15) is 18.4 Å². The number of carbonyl (C=O) groups excluding carboxylic acids is 2. The van der Waals surface area contributed by atoms with Gasteiger partial charge in [0, 0.05) is 42.5 Å². The van der Waals surface area contributed by atoms with E-state index in [0.29, 0.717) is 47.2 Å². The second-order valence-electron chi connectivity index (χ2n) is 9.48. The largest absolute Gasteiger partial charge is 0.455 e. The van der Waals surface area contributed by atoms with Gasteiger partial charge >= 0.3 is 0 Å². The molecule has 194 valence electrons. The number of fused-ring (bicyclic) bond motifs is 2. The molecule has 3 aromatic carbocycles. The van der Waals surface area contributed by atoms with Gasteiger partial charge in [0.2, 0.25) is 11.8 Å². The Morgan fingerprint density at radius 3 is 2.21 bits per heavy atom. The van der Waals surface area contributed by atoms with Gasteiger partial charge in [0.1, 0.15) is 22.7 Å². The van der Waals surface area contributed by atoms with Gasteiger partial charge < -0.3 is 20.3 Å². The fraction of sp³-hybridized carbons (Fsp3) is 0.133. The zero-order chi connectivity index (χ0) is 27.0. The van der Waals surface area contributed by atoms with Gasteiger partial charge in [-0.25, -0.2) is 14.4 Å². The highest BCUT2D eigenvalue weighted by Crippen LogP contribution is 2.48. The van der Waals surface area contributed by atoms with Crippen molar-refractivity contribution in [1.29, 1.82) is 0 Å². The molecule has 1 aromatic heterocycles. The molecule has 2 heterocycles. The second kappa shape index (κ2) is 9.68. The smallest absolute Gasteiger partial charge is 0.240 e. The van der Waals surface area contributed by atoms with Crippen LogP contribution in [-0.2, 0) is 9.59 Å². The molecule has 1 aliphatic heterocycles. The summed E-state index contributed by atoms with van der Waals surface area (Å²) in [7, 11) is 1.94. The zero-order valence-corrected chi connectivity index (χ0v) is 21.0. The van der Waals surface area contributed by atoms with Crippen LogP contribution >= 0.6 is 0 Å². The van der Waals surface area contributed by atoms with Gasteiger partial charge in [-0.15, -0.1) is 0 Å². The third-order valence-corrected chi connectivity index (χ3v) is 6.88. The normalized spacial score (nSPS) is 14.5. The van der Waals surface area contributed by atoms with Crippen molar-refractivity contribution in [3.63, 3.8) is 0 Å². The molecule has 6 rings (SSSR count). The molecule has 1 saturated carbocycles. The Labute approximate surface area is 224 Å². The molecule has 9 heteroatoms. The molecule has 0 atom stereocenters. The van der Waals surface area contributed by atoms with E-state index in [9.17, 15) is 14.0 Å². The molecular formula is C30H24FN5O3. The number of aromatic nitrogens is 1. The second-order valence-corrected chi connectivity index (χ2v) is 9.48. The highest BCUT2D eigenvalue weighted by atomic mass is 19.1.